The van der Waals surface area contributed by atoms with Gasteiger partial charge in [0.2, 0.25) is 0 Å². The molecule has 0 amide bonds. The van der Waals surface area contributed by atoms with Gasteiger partial charge in [0, 0.05) is 19.1 Å². The number of nitriles is 1. The van der Waals surface area contributed by atoms with Crippen LogP contribution in [-0.2, 0) is 12.8 Å². The fraction of sp³-hybridized carbons (Fsp3) is 0.409. The molecule has 1 aliphatic heterocycles. The molecule has 3 rings (SSSR count). The van der Waals surface area contributed by atoms with Crippen molar-refractivity contribution in [3.05, 3.63) is 53.1 Å². The summed E-state index contributed by atoms with van der Waals surface area (Å²) in [4.78, 5) is 0. The van der Waals surface area contributed by atoms with Crippen molar-refractivity contribution in [2.45, 2.75) is 32.0 Å². The zero-order valence-corrected chi connectivity index (χ0v) is 16.7. The van der Waals surface area contributed by atoms with Crippen LogP contribution in [0.4, 0.5) is 18.9 Å². The van der Waals surface area contributed by atoms with E-state index in [1.54, 1.807) is 18.2 Å². The Morgan fingerprint density at radius 2 is 1.93 bits per heavy atom. The van der Waals surface area contributed by atoms with Gasteiger partial charge in [0.1, 0.15) is 12.7 Å². The van der Waals surface area contributed by atoms with E-state index in [4.69, 9.17) is 9.47 Å². The van der Waals surface area contributed by atoms with E-state index in [9.17, 15) is 18.4 Å². The maximum atomic E-state index is 12.4. The quantitative estimate of drug-likeness (QED) is 0.600. The minimum atomic E-state index is -4.40. The molecule has 1 atom stereocenters. The number of benzene rings is 2. The Bertz CT molecular complexity index is 909. The third kappa shape index (κ3) is 6.04. The van der Waals surface area contributed by atoms with E-state index in [-0.39, 0.29) is 24.1 Å². The molecule has 1 aliphatic rings. The third-order valence-electron chi connectivity index (χ3n) is 4.73. The molecule has 8 heteroatoms. The van der Waals surface area contributed by atoms with E-state index in [1.165, 1.54) is 11.6 Å². The lowest BCUT2D eigenvalue weighted by molar-refractivity contribution is -0.153. The number of nitrogens with one attached hydrogen (secondary N) is 2. The standard InChI is InChI=1S/C22H24F3N3O2/c1-15(10-16-11-17-6-7-28-21(17)18(12-16)13-26)27-8-9-29-19-4-2-3-5-20(19)30-14-22(23,24)25/h2-5,11-12,15,27-28H,6-10,14H2,1H3/t15-/m1/s1. The lowest BCUT2D eigenvalue weighted by Gasteiger charge is -2.17. The van der Waals surface area contributed by atoms with Gasteiger partial charge in [-0.15, -0.1) is 0 Å². The van der Waals surface area contributed by atoms with E-state index >= 15 is 0 Å². The largest absolute Gasteiger partial charge is 0.488 e. The first-order valence-corrected chi connectivity index (χ1v) is 9.80. The lowest BCUT2D eigenvalue weighted by atomic mass is 9.99. The normalized spacial score (nSPS) is 13.8. The molecule has 160 valence electrons. The van der Waals surface area contributed by atoms with Gasteiger partial charge in [-0.3, -0.25) is 0 Å². The van der Waals surface area contributed by atoms with Crippen molar-refractivity contribution in [2.75, 3.05) is 31.6 Å². The van der Waals surface area contributed by atoms with Crippen LogP contribution in [0.3, 0.4) is 0 Å². The summed E-state index contributed by atoms with van der Waals surface area (Å²) in [7, 11) is 0. The number of alkyl halides is 3. The summed E-state index contributed by atoms with van der Waals surface area (Å²) in [5, 5.41) is 15.9. The molecule has 0 unspecified atom stereocenters. The minimum Gasteiger partial charge on any atom is -0.488 e. The zero-order chi connectivity index (χ0) is 21.6. The first-order chi connectivity index (χ1) is 14.4. The predicted octanol–water partition coefficient (Wildman–Crippen LogP) is 4.07. The second kappa shape index (κ2) is 9.72. The Balaban J connectivity index is 1.47. The molecule has 0 spiro atoms. The number of ether oxygens (including phenoxy) is 2. The average molecular weight is 419 g/mol. The molecule has 2 aromatic carbocycles. The van der Waals surface area contributed by atoms with Crippen LogP contribution in [-0.4, -0.2) is 38.5 Å². The Morgan fingerprint density at radius 1 is 1.20 bits per heavy atom. The fourth-order valence-electron chi connectivity index (χ4n) is 3.44. The molecule has 0 fully saturated rings. The highest BCUT2D eigenvalue weighted by molar-refractivity contribution is 5.66. The number of hydrogen-bond acceptors (Lipinski definition) is 5. The van der Waals surface area contributed by atoms with Gasteiger partial charge in [-0.25, -0.2) is 0 Å². The van der Waals surface area contributed by atoms with Gasteiger partial charge in [0.15, 0.2) is 18.1 Å². The number of halogens is 3. The molecule has 5 nitrogen and oxygen atoms in total. The number of fused-ring (bicyclic) bond motifs is 1. The summed E-state index contributed by atoms with van der Waals surface area (Å²) in [5.41, 5.74) is 3.89. The molecule has 0 saturated carbocycles. The molecule has 0 radical (unpaired) electrons. The first kappa shape index (κ1) is 21.8. The number of hydrogen-bond donors (Lipinski definition) is 2. The van der Waals surface area contributed by atoms with E-state index < -0.39 is 12.8 Å². The highest BCUT2D eigenvalue weighted by atomic mass is 19.4. The molecule has 2 N–H and O–H groups in total. The topological polar surface area (TPSA) is 66.3 Å². The third-order valence-corrected chi connectivity index (χ3v) is 4.73. The molecule has 0 aliphatic carbocycles. The molecular weight excluding hydrogens is 395 g/mol. The van der Waals surface area contributed by atoms with Crippen LogP contribution in [0, 0.1) is 11.3 Å². The summed E-state index contributed by atoms with van der Waals surface area (Å²) < 4.78 is 47.5. The van der Waals surface area contributed by atoms with E-state index in [0.29, 0.717) is 12.1 Å². The van der Waals surface area contributed by atoms with Crippen LogP contribution >= 0.6 is 0 Å². The number of nitrogens with zero attached hydrogens (tertiary/aromatic N) is 1. The van der Waals surface area contributed by atoms with Crippen molar-refractivity contribution < 1.29 is 22.6 Å². The van der Waals surface area contributed by atoms with Gasteiger partial charge >= 0.3 is 6.18 Å². The van der Waals surface area contributed by atoms with Crippen molar-refractivity contribution in [1.29, 1.82) is 5.26 Å². The van der Waals surface area contributed by atoms with Crippen molar-refractivity contribution in [3.8, 4) is 17.6 Å². The van der Waals surface area contributed by atoms with Crippen LogP contribution in [0.25, 0.3) is 0 Å². The van der Waals surface area contributed by atoms with E-state index in [2.05, 4.69) is 22.8 Å². The summed E-state index contributed by atoms with van der Waals surface area (Å²) >= 11 is 0. The van der Waals surface area contributed by atoms with Gasteiger partial charge in [-0.2, -0.15) is 18.4 Å². The van der Waals surface area contributed by atoms with Crippen molar-refractivity contribution in [3.63, 3.8) is 0 Å². The Morgan fingerprint density at radius 3 is 2.63 bits per heavy atom. The summed E-state index contributed by atoms with van der Waals surface area (Å²) in [6, 6.07) is 12.8. The Kier molecular flexibility index (Phi) is 7.06. The van der Waals surface area contributed by atoms with Gasteiger partial charge in [-0.05, 0) is 49.1 Å². The van der Waals surface area contributed by atoms with Crippen LogP contribution < -0.4 is 20.1 Å². The summed E-state index contributed by atoms with van der Waals surface area (Å²) in [6.45, 7) is 2.34. The van der Waals surface area contributed by atoms with E-state index in [0.717, 1.165) is 30.6 Å². The Labute approximate surface area is 173 Å². The average Bonchev–Trinajstić information content (AvgIpc) is 3.17. The fourth-order valence-corrected chi connectivity index (χ4v) is 3.44. The van der Waals surface area contributed by atoms with Gasteiger partial charge < -0.3 is 20.1 Å². The van der Waals surface area contributed by atoms with Crippen molar-refractivity contribution in [1.82, 2.24) is 5.32 Å². The molecule has 0 saturated heterocycles. The molecule has 30 heavy (non-hydrogen) atoms. The van der Waals surface area contributed by atoms with Gasteiger partial charge in [-0.1, -0.05) is 18.2 Å². The van der Waals surface area contributed by atoms with Crippen molar-refractivity contribution >= 4 is 5.69 Å². The predicted molar refractivity (Wildman–Crippen MR) is 108 cm³/mol. The second-order valence-electron chi connectivity index (χ2n) is 7.22. The SMILES string of the molecule is C[C@H](Cc1cc(C#N)c2c(c1)CCN2)NCCOc1ccccc1OCC(F)(F)F. The number of rotatable bonds is 9. The monoisotopic (exact) mass is 419 g/mol. The van der Waals surface area contributed by atoms with Gasteiger partial charge in [0.25, 0.3) is 0 Å². The number of para-hydroxylation sites is 2. The Hall–Kier alpha value is -2.92. The number of anilines is 1. The zero-order valence-electron chi connectivity index (χ0n) is 16.7. The van der Waals surface area contributed by atoms with Gasteiger partial charge in [0.05, 0.1) is 11.3 Å². The maximum absolute atomic E-state index is 12.4. The molecule has 2 aromatic rings. The van der Waals surface area contributed by atoms with Crippen LogP contribution in [0.15, 0.2) is 36.4 Å². The first-order valence-electron chi connectivity index (χ1n) is 9.80. The maximum Gasteiger partial charge on any atom is 0.422 e. The summed E-state index contributed by atoms with van der Waals surface area (Å²) in [6.07, 6.45) is -2.72. The molecule has 0 aromatic heterocycles. The van der Waals surface area contributed by atoms with Crippen LogP contribution in [0.2, 0.25) is 0 Å². The molecule has 1 heterocycles. The lowest BCUT2D eigenvalue weighted by Crippen LogP contribution is -2.32. The minimum absolute atomic E-state index is 0.0682. The highest BCUT2D eigenvalue weighted by Gasteiger charge is 2.29. The molecular formula is C22H24F3N3O2. The van der Waals surface area contributed by atoms with E-state index in [1.807, 2.05) is 13.0 Å². The second-order valence-corrected chi connectivity index (χ2v) is 7.22. The highest BCUT2D eigenvalue weighted by Crippen LogP contribution is 2.29. The van der Waals surface area contributed by atoms with Crippen LogP contribution in [0.1, 0.15) is 23.6 Å². The molecule has 0 bridgehead atoms. The van der Waals surface area contributed by atoms with Crippen molar-refractivity contribution in [2.24, 2.45) is 0 Å². The van der Waals surface area contributed by atoms with Crippen LogP contribution in [0.5, 0.6) is 11.5 Å². The smallest absolute Gasteiger partial charge is 0.422 e. The summed E-state index contributed by atoms with van der Waals surface area (Å²) in [5.74, 6) is 0.347.